The van der Waals surface area contributed by atoms with E-state index < -0.39 is 0 Å². The van der Waals surface area contributed by atoms with Crippen molar-refractivity contribution >= 4 is 46.4 Å². The summed E-state index contributed by atoms with van der Waals surface area (Å²) in [4.78, 5) is 16.4. The molecule has 4 aromatic heterocycles. The highest BCUT2D eigenvalue weighted by Crippen LogP contribution is 2.30. The van der Waals surface area contributed by atoms with E-state index >= 15 is 0 Å². The Morgan fingerprint density at radius 1 is 0.655 bits per heavy atom. The van der Waals surface area contributed by atoms with Crippen molar-refractivity contribution in [2.24, 2.45) is 0 Å². The molecule has 2 N–H and O–H groups in total. The number of fused-ring (bicyclic) bond motifs is 8. The Labute approximate surface area is 166 Å². The molecule has 0 fully saturated rings. The topological polar surface area (TPSA) is 70.5 Å². The van der Waals surface area contributed by atoms with Crippen molar-refractivity contribution in [3.05, 3.63) is 83.6 Å². The van der Waals surface area contributed by atoms with Crippen molar-refractivity contribution in [3.63, 3.8) is 0 Å². The number of hydrogen-bond donors (Lipinski definition) is 2. The van der Waals surface area contributed by atoms with Gasteiger partial charge in [-0.25, -0.2) is 9.97 Å². The van der Waals surface area contributed by atoms with Crippen LogP contribution in [0.2, 0.25) is 0 Å². The fraction of sp³-hybridized carbons (Fsp3) is 0. The number of nitrogens with one attached hydrogen (secondary N) is 2. The normalized spacial score (nSPS) is 12.6. The third-order valence-electron chi connectivity index (χ3n) is 4.99. The fourth-order valence-electron chi connectivity index (χ4n) is 3.69. The molecule has 138 valence electrons. The summed E-state index contributed by atoms with van der Waals surface area (Å²) in [6, 6.07) is 18.2. The minimum atomic E-state index is 0.773. The van der Waals surface area contributed by atoms with Gasteiger partial charge in [0.1, 0.15) is 5.76 Å². The van der Waals surface area contributed by atoms with E-state index in [2.05, 4.69) is 45.3 Å². The molecular formula is C24H16N4O. The minimum Gasteiger partial charge on any atom is -0.464 e. The Hall–Kier alpha value is -4.12. The van der Waals surface area contributed by atoms with Crippen LogP contribution in [0.3, 0.4) is 0 Å². The number of H-pyrrole nitrogens is 2. The molecule has 0 spiro atoms. The molecule has 0 aromatic carbocycles. The Morgan fingerprint density at radius 3 is 2.24 bits per heavy atom. The summed E-state index contributed by atoms with van der Waals surface area (Å²) in [7, 11) is 0. The van der Waals surface area contributed by atoms with Crippen LogP contribution in [0.5, 0.6) is 0 Å². The second kappa shape index (κ2) is 6.21. The largest absolute Gasteiger partial charge is 0.464 e. The van der Waals surface area contributed by atoms with Gasteiger partial charge < -0.3 is 14.4 Å². The molecule has 0 atom stereocenters. The van der Waals surface area contributed by atoms with E-state index in [1.807, 2.05) is 48.6 Å². The predicted octanol–water partition coefficient (Wildman–Crippen LogP) is 5.92. The molecule has 0 amide bonds. The standard InChI is InChI=1S/C24H16N4O/c1-2-23(29-11-1)24-21-9-7-19(27-21)13-17-5-3-15(25-17)12-16-4-6-18(26-16)14-20-8-10-22(24)28-20/h1-14,25,27H. The van der Waals surface area contributed by atoms with Crippen LogP contribution in [0.1, 0.15) is 22.8 Å². The highest BCUT2D eigenvalue weighted by molar-refractivity contribution is 5.89. The van der Waals surface area contributed by atoms with Crippen molar-refractivity contribution in [2.75, 3.05) is 0 Å². The van der Waals surface area contributed by atoms with Crippen molar-refractivity contribution in [2.45, 2.75) is 0 Å². The number of nitrogens with zero attached hydrogens (tertiary/aromatic N) is 2. The van der Waals surface area contributed by atoms with Crippen LogP contribution < -0.4 is 0 Å². The van der Waals surface area contributed by atoms with Crippen molar-refractivity contribution in [3.8, 4) is 11.3 Å². The molecule has 4 aromatic rings. The predicted molar refractivity (Wildman–Crippen MR) is 117 cm³/mol. The van der Waals surface area contributed by atoms with Crippen LogP contribution in [0.4, 0.5) is 0 Å². The molecule has 5 nitrogen and oxygen atoms in total. The number of aromatic amines is 2. The molecule has 29 heavy (non-hydrogen) atoms. The average molecular weight is 376 g/mol. The summed E-state index contributed by atoms with van der Waals surface area (Å²) in [6.45, 7) is 0. The molecule has 0 saturated carbocycles. The second-order valence-electron chi connectivity index (χ2n) is 7.03. The van der Waals surface area contributed by atoms with Gasteiger partial charge >= 0.3 is 0 Å². The first kappa shape index (κ1) is 15.9. The zero-order valence-corrected chi connectivity index (χ0v) is 15.4. The lowest BCUT2D eigenvalue weighted by Crippen LogP contribution is -1.83. The molecule has 2 aliphatic heterocycles. The molecule has 0 aliphatic carbocycles. The maximum absolute atomic E-state index is 5.72. The first-order valence-electron chi connectivity index (χ1n) is 9.41. The van der Waals surface area contributed by atoms with Gasteiger partial charge in [0, 0.05) is 16.6 Å². The quantitative estimate of drug-likeness (QED) is 0.374. The van der Waals surface area contributed by atoms with Crippen LogP contribution in [0.15, 0.2) is 65.3 Å². The third-order valence-corrected chi connectivity index (χ3v) is 4.99. The average Bonchev–Trinajstić information content (AvgIpc) is 3.51. The fourth-order valence-corrected chi connectivity index (χ4v) is 3.69. The Kier molecular flexibility index (Phi) is 3.40. The molecular weight excluding hydrogens is 360 g/mol. The third kappa shape index (κ3) is 2.89. The number of rotatable bonds is 1. The summed E-state index contributed by atoms with van der Waals surface area (Å²) >= 11 is 0. The maximum Gasteiger partial charge on any atom is 0.138 e. The molecule has 8 bridgehead atoms. The van der Waals surface area contributed by atoms with Crippen LogP contribution >= 0.6 is 0 Å². The summed E-state index contributed by atoms with van der Waals surface area (Å²) in [6.07, 6.45) is 9.71. The zero-order valence-electron chi connectivity index (χ0n) is 15.4. The summed E-state index contributed by atoms with van der Waals surface area (Å²) < 4.78 is 5.72. The molecule has 0 radical (unpaired) electrons. The molecule has 6 heterocycles. The smallest absolute Gasteiger partial charge is 0.138 e. The van der Waals surface area contributed by atoms with Gasteiger partial charge in [-0.2, -0.15) is 0 Å². The van der Waals surface area contributed by atoms with Crippen molar-refractivity contribution in [1.82, 2.24) is 19.9 Å². The van der Waals surface area contributed by atoms with Gasteiger partial charge in [-0.05, 0) is 78.9 Å². The van der Waals surface area contributed by atoms with Crippen LogP contribution in [0.25, 0.3) is 57.7 Å². The number of aromatic nitrogens is 4. The number of furan rings is 1. The molecule has 5 heteroatoms. The van der Waals surface area contributed by atoms with Gasteiger partial charge in [-0.1, -0.05) is 0 Å². The van der Waals surface area contributed by atoms with E-state index in [1.165, 1.54) is 0 Å². The lowest BCUT2D eigenvalue weighted by atomic mass is 10.1. The first-order chi connectivity index (χ1) is 14.3. The van der Waals surface area contributed by atoms with Gasteiger partial charge in [-0.3, -0.25) is 0 Å². The second-order valence-corrected chi connectivity index (χ2v) is 7.03. The van der Waals surface area contributed by atoms with Crippen molar-refractivity contribution in [1.29, 1.82) is 0 Å². The van der Waals surface area contributed by atoms with Gasteiger partial charge in [0.25, 0.3) is 0 Å². The minimum absolute atomic E-state index is 0.773. The van der Waals surface area contributed by atoms with E-state index in [1.54, 1.807) is 6.26 Å². The lowest BCUT2D eigenvalue weighted by molar-refractivity contribution is 0.582. The summed E-state index contributed by atoms with van der Waals surface area (Å²) in [5, 5.41) is 0. The van der Waals surface area contributed by atoms with Crippen LogP contribution in [-0.2, 0) is 0 Å². The lowest BCUT2D eigenvalue weighted by Gasteiger charge is -1.98. The van der Waals surface area contributed by atoms with Gasteiger partial charge in [-0.15, -0.1) is 0 Å². The zero-order chi connectivity index (χ0) is 19.2. The molecule has 2 aliphatic rings. The van der Waals surface area contributed by atoms with Gasteiger partial charge in [0.15, 0.2) is 0 Å². The SMILES string of the molecule is C1=Cc2cc3ccc(cc4ccc([nH]4)c(-c4ccco4)c4nc(cc1n2)C=C4)[nH]3. The highest BCUT2D eigenvalue weighted by Gasteiger charge is 2.12. The van der Waals surface area contributed by atoms with E-state index in [0.717, 1.165) is 56.2 Å². The van der Waals surface area contributed by atoms with Crippen LogP contribution in [-0.4, -0.2) is 19.9 Å². The Balaban J connectivity index is 1.74. The van der Waals surface area contributed by atoms with E-state index in [4.69, 9.17) is 9.40 Å². The summed E-state index contributed by atoms with van der Waals surface area (Å²) in [5.41, 5.74) is 8.42. The van der Waals surface area contributed by atoms with Crippen LogP contribution in [0, 0.1) is 0 Å². The van der Waals surface area contributed by atoms with E-state index in [9.17, 15) is 0 Å². The van der Waals surface area contributed by atoms with Gasteiger partial charge in [0.2, 0.25) is 0 Å². The molecule has 0 unspecified atom stereocenters. The molecule has 0 saturated heterocycles. The number of hydrogen-bond acceptors (Lipinski definition) is 3. The van der Waals surface area contributed by atoms with Gasteiger partial charge in [0.05, 0.1) is 40.1 Å². The summed E-state index contributed by atoms with van der Waals surface area (Å²) in [5.74, 6) is 0.773. The van der Waals surface area contributed by atoms with E-state index in [0.29, 0.717) is 0 Å². The molecule has 6 rings (SSSR count). The Morgan fingerprint density at radius 2 is 1.38 bits per heavy atom. The first-order valence-corrected chi connectivity index (χ1v) is 9.41. The van der Waals surface area contributed by atoms with Crippen molar-refractivity contribution < 1.29 is 4.42 Å². The highest BCUT2D eigenvalue weighted by atomic mass is 16.3. The maximum atomic E-state index is 5.72. The van der Waals surface area contributed by atoms with E-state index in [-0.39, 0.29) is 0 Å². The Bertz CT molecular complexity index is 1450. The monoisotopic (exact) mass is 376 g/mol.